The lowest BCUT2D eigenvalue weighted by Crippen LogP contribution is -2.51. The summed E-state index contributed by atoms with van der Waals surface area (Å²) >= 11 is 0. The van der Waals surface area contributed by atoms with E-state index in [0.717, 1.165) is 45.2 Å². The number of amides is 1. The Morgan fingerprint density at radius 1 is 1.11 bits per heavy atom. The Hall–Kier alpha value is -1.43. The highest BCUT2D eigenvalue weighted by Gasteiger charge is 2.35. The maximum absolute atomic E-state index is 12.6. The molecule has 1 amide bonds. The van der Waals surface area contributed by atoms with Gasteiger partial charge in [-0.05, 0) is 51.1 Å². The summed E-state index contributed by atoms with van der Waals surface area (Å²) in [5.74, 6) is -0.124. The molecule has 1 saturated heterocycles. The molecule has 1 heterocycles. The topological polar surface area (TPSA) is 61.8 Å². The first-order valence-corrected chi connectivity index (χ1v) is 11.0. The molecule has 1 aromatic carbocycles. The number of nitrogens with zero attached hydrogens (tertiary/aromatic N) is 1. The number of likely N-dealkylation sites (N-methyl/N-ethyl adjacent to an activating group) is 1. The summed E-state index contributed by atoms with van der Waals surface area (Å²) in [6, 6.07) is 10.8. The van der Waals surface area contributed by atoms with Gasteiger partial charge in [-0.3, -0.25) is 4.79 Å². The molecule has 156 valence electrons. The highest BCUT2D eigenvalue weighted by molar-refractivity contribution is 5.81. The van der Waals surface area contributed by atoms with Gasteiger partial charge in [0.2, 0.25) is 0 Å². The van der Waals surface area contributed by atoms with Crippen LogP contribution in [0.25, 0.3) is 0 Å². The third-order valence-corrected chi connectivity index (χ3v) is 6.14. The molecule has 5 heteroatoms. The van der Waals surface area contributed by atoms with E-state index in [4.69, 9.17) is 4.74 Å². The number of hydrogen-bond donors (Lipinski definition) is 2. The van der Waals surface area contributed by atoms with Crippen LogP contribution < -0.4 is 5.32 Å². The van der Waals surface area contributed by atoms with Gasteiger partial charge in [0.1, 0.15) is 0 Å². The molecule has 1 saturated carbocycles. The van der Waals surface area contributed by atoms with Gasteiger partial charge in [-0.15, -0.1) is 0 Å². The van der Waals surface area contributed by atoms with E-state index in [1.54, 1.807) is 0 Å². The molecule has 1 aliphatic heterocycles. The van der Waals surface area contributed by atoms with Crippen LogP contribution in [0.5, 0.6) is 0 Å². The molecule has 0 spiro atoms. The molecule has 3 rings (SSSR count). The summed E-state index contributed by atoms with van der Waals surface area (Å²) in [5, 5.41) is 13.4. The summed E-state index contributed by atoms with van der Waals surface area (Å²) in [6.07, 6.45) is 7.74. The fourth-order valence-electron chi connectivity index (χ4n) is 4.29. The maximum Gasteiger partial charge on any atom is 0.252 e. The molecule has 2 N–H and O–H groups in total. The molecule has 1 aromatic rings. The quantitative estimate of drug-likeness (QED) is 0.719. The minimum atomic E-state index is -0.713. The zero-order valence-corrected chi connectivity index (χ0v) is 17.2. The third kappa shape index (κ3) is 6.57. The van der Waals surface area contributed by atoms with E-state index < -0.39 is 12.2 Å². The van der Waals surface area contributed by atoms with E-state index in [2.05, 4.69) is 41.5 Å². The van der Waals surface area contributed by atoms with Crippen molar-refractivity contribution in [3.63, 3.8) is 0 Å². The van der Waals surface area contributed by atoms with E-state index in [-0.39, 0.29) is 18.1 Å². The first kappa shape index (κ1) is 21.3. The Morgan fingerprint density at radius 3 is 2.61 bits per heavy atom. The molecule has 2 fully saturated rings. The second-order valence-corrected chi connectivity index (χ2v) is 8.49. The molecule has 0 aromatic heterocycles. The average Bonchev–Trinajstić information content (AvgIpc) is 2.73. The van der Waals surface area contributed by atoms with Crippen LogP contribution in [0.1, 0.15) is 56.9 Å². The van der Waals surface area contributed by atoms with E-state index >= 15 is 0 Å². The van der Waals surface area contributed by atoms with Crippen molar-refractivity contribution < 1.29 is 14.6 Å². The minimum absolute atomic E-state index is 0.0460. The Labute approximate surface area is 169 Å². The molecular weight excluding hydrogens is 352 g/mol. The first-order valence-electron chi connectivity index (χ1n) is 11.0. The van der Waals surface area contributed by atoms with Gasteiger partial charge in [0.05, 0.1) is 12.2 Å². The third-order valence-electron chi connectivity index (χ3n) is 6.14. The SMILES string of the molecule is CN(CCc1ccccc1)CC[C@@H]1CC[C@H](O)[C@@H](C(=O)NC2CCCCC2)O1. The van der Waals surface area contributed by atoms with Crippen LogP contribution in [-0.4, -0.2) is 60.4 Å². The van der Waals surface area contributed by atoms with Gasteiger partial charge >= 0.3 is 0 Å². The van der Waals surface area contributed by atoms with Crippen molar-refractivity contribution in [3.8, 4) is 0 Å². The van der Waals surface area contributed by atoms with Crippen molar-refractivity contribution in [2.24, 2.45) is 0 Å². The lowest BCUT2D eigenvalue weighted by molar-refractivity contribution is -0.159. The fourth-order valence-corrected chi connectivity index (χ4v) is 4.29. The van der Waals surface area contributed by atoms with Crippen LogP contribution in [0.2, 0.25) is 0 Å². The molecule has 3 atom stereocenters. The Morgan fingerprint density at radius 2 is 1.86 bits per heavy atom. The van der Waals surface area contributed by atoms with E-state index in [1.165, 1.54) is 24.8 Å². The number of carbonyl (C=O) groups is 1. The number of ether oxygens (including phenoxy) is 1. The predicted molar refractivity (Wildman–Crippen MR) is 111 cm³/mol. The number of nitrogens with one attached hydrogen (secondary N) is 1. The molecule has 0 radical (unpaired) electrons. The lowest BCUT2D eigenvalue weighted by Gasteiger charge is -2.35. The zero-order chi connectivity index (χ0) is 19.8. The lowest BCUT2D eigenvalue weighted by atomic mass is 9.94. The largest absolute Gasteiger partial charge is 0.390 e. The van der Waals surface area contributed by atoms with Crippen LogP contribution in [0.4, 0.5) is 0 Å². The summed E-state index contributed by atoms with van der Waals surface area (Å²) in [5.41, 5.74) is 1.35. The Balaban J connectivity index is 1.40. The summed E-state index contributed by atoms with van der Waals surface area (Å²) < 4.78 is 6.03. The standard InChI is InChI=1S/C23H36N2O3/c1-25(16-14-18-8-4-2-5-9-18)17-15-20-12-13-21(26)22(28-20)23(27)24-19-10-6-3-7-11-19/h2,4-5,8-9,19-22,26H,3,6-7,10-17H2,1H3,(H,24,27)/t20-,21-,22-/m0/s1. The van der Waals surface area contributed by atoms with Gasteiger partial charge in [-0.1, -0.05) is 49.6 Å². The van der Waals surface area contributed by atoms with Crippen LogP contribution in [0.15, 0.2) is 30.3 Å². The summed E-state index contributed by atoms with van der Waals surface area (Å²) in [4.78, 5) is 14.9. The highest BCUT2D eigenvalue weighted by atomic mass is 16.5. The second-order valence-electron chi connectivity index (χ2n) is 8.49. The number of carbonyl (C=O) groups excluding carboxylic acids is 1. The number of benzene rings is 1. The first-order chi connectivity index (χ1) is 13.6. The number of aliphatic hydroxyl groups excluding tert-OH is 1. The smallest absolute Gasteiger partial charge is 0.252 e. The molecule has 5 nitrogen and oxygen atoms in total. The molecule has 1 aliphatic carbocycles. The molecule has 0 unspecified atom stereocenters. The fraction of sp³-hybridized carbons (Fsp3) is 0.696. The zero-order valence-electron chi connectivity index (χ0n) is 17.2. The van der Waals surface area contributed by atoms with Crippen LogP contribution in [0.3, 0.4) is 0 Å². The Kier molecular flexibility index (Phi) is 8.31. The van der Waals surface area contributed by atoms with E-state index in [1.807, 2.05) is 6.07 Å². The van der Waals surface area contributed by atoms with Gasteiger partial charge < -0.3 is 20.1 Å². The number of rotatable bonds is 8. The van der Waals surface area contributed by atoms with Crippen LogP contribution in [-0.2, 0) is 16.0 Å². The molecule has 28 heavy (non-hydrogen) atoms. The van der Waals surface area contributed by atoms with Gasteiger partial charge in [0.15, 0.2) is 6.10 Å². The van der Waals surface area contributed by atoms with Crippen molar-refractivity contribution in [2.75, 3.05) is 20.1 Å². The van der Waals surface area contributed by atoms with Crippen molar-refractivity contribution in [2.45, 2.75) is 82.1 Å². The number of hydrogen-bond acceptors (Lipinski definition) is 4. The van der Waals surface area contributed by atoms with Gasteiger partial charge in [0, 0.05) is 19.1 Å². The van der Waals surface area contributed by atoms with E-state index in [0.29, 0.717) is 6.42 Å². The summed E-state index contributed by atoms with van der Waals surface area (Å²) in [7, 11) is 2.13. The van der Waals surface area contributed by atoms with Gasteiger partial charge in [-0.25, -0.2) is 0 Å². The van der Waals surface area contributed by atoms with Crippen molar-refractivity contribution in [3.05, 3.63) is 35.9 Å². The van der Waals surface area contributed by atoms with Gasteiger partial charge in [-0.2, -0.15) is 0 Å². The predicted octanol–water partition coefficient (Wildman–Crippen LogP) is 2.91. The number of aliphatic hydroxyl groups is 1. The monoisotopic (exact) mass is 388 g/mol. The highest BCUT2D eigenvalue weighted by Crippen LogP contribution is 2.24. The van der Waals surface area contributed by atoms with Crippen LogP contribution in [0, 0.1) is 0 Å². The van der Waals surface area contributed by atoms with Crippen molar-refractivity contribution in [1.29, 1.82) is 0 Å². The minimum Gasteiger partial charge on any atom is -0.390 e. The van der Waals surface area contributed by atoms with Crippen molar-refractivity contribution in [1.82, 2.24) is 10.2 Å². The van der Waals surface area contributed by atoms with Gasteiger partial charge in [0.25, 0.3) is 5.91 Å². The molecule has 2 aliphatic rings. The van der Waals surface area contributed by atoms with Crippen LogP contribution >= 0.6 is 0 Å². The summed E-state index contributed by atoms with van der Waals surface area (Å²) in [6.45, 7) is 1.94. The Bertz CT molecular complexity index is 589. The molecular formula is C23H36N2O3. The average molecular weight is 389 g/mol. The maximum atomic E-state index is 12.6. The van der Waals surface area contributed by atoms with Crippen molar-refractivity contribution >= 4 is 5.91 Å². The molecule has 0 bridgehead atoms. The normalized spacial score (nSPS) is 26.3. The second kappa shape index (κ2) is 10.9. The van der Waals surface area contributed by atoms with E-state index in [9.17, 15) is 9.90 Å².